The maximum absolute atomic E-state index is 12.0. The lowest BCUT2D eigenvalue weighted by Crippen LogP contribution is -2.13. The van der Waals surface area contributed by atoms with Crippen LogP contribution in [0, 0.1) is 0 Å². The largest absolute Gasteiger partial charge is 0.440 e. The number of aryl methyl sites for hydroxylation is 1. The van der Waals surface area contributed by atoms with E-state index in [-0.39, 0.29) is 11.5 Å². The third-order valence-electron chi connectivity index (χ3n) is 3.21. The molecule has 0 amide bonds. The van der Waals surface area contributed by atoms with Crippen molar-refractivity contribution < 1.29 is 4.74 Å². The number of rotatable bonds is 2. The van der Waals surface area contributed by atoms with Crippen LogP contribution in [0.4, 0.5) is 0 Å². The number of ether oxygens (including phenoxy) is 1. The van der Waals surface area contributed by atoms with E-state index in [1.54, 1.807) is 19.4 Å². The molecule has 0 bridgehead atoms. The van der Waals surface area contributed by atoms with Crippen molar-refractivity contribution in [3.63, 3.8) is 0 Å². The Hall–Kier alpha value is -2.13. The summed E-state index contributed by atoms with van der Waals surface area (Å²) in [4.78, 5) is 13.9. The molecule has 1 aliphatic heterocycles. The van der Waals surface area contributed by atoms with Crippen LogP contribution in [0.3, 0.4) is 0 Å². The number of H-pyrrole nitrogens is 1. The molecule has 1 aromatic rings. The van der Waals surface area contributed by atoms with Gasteiger partial charge < -0.3 is 9.64 Å². The third kappa shape index (κ3) is 2.37. The molecule has 0 saturated carbocycles. The summed E-state index contributed by atoms with van der Waals surface area (Å²) >= 11 is 0. The summed E-state index contributed by atoms with van der Waals surface area (Å²) in [5, 5.41) is 3.06. The normalized spacial score (nSPS) is 14.5. The van der Waals surface area contributed by atoms with Gasteiger partial charge in [-0.3, -0.25) is 14.6 Å². The van der Waals surface area contributed by atoms with E-state index < -0.39 is 0 Å². The van der Waals surface area contributed by atoms with E-state index in [0.29, 0.717) is 11.4 Å². The zero-order valence-electron chi connectivity index (χ0n) is 11.9. The van der Waals surface area contributed by atoms with Crippen molar-refractivity contribution in [1.29, 1.82) is 0 Å². The number of nitrogens with one attached hydrogen (secondary N) is 1. The van der Waals surface area contributed by atoms with Gasteiger partial charge in [0.15, 0.2) is 0 Å². The maximum atomic E-state index is 12.0. The number of hydrogen-bond acceptors (Lipinski definition) is 3. The maximum Gasteiger partial charge on any atom is 0.274 e. The summed E-state index contributed by atoms with van der Waals surface area (Å²) in [7, 11) is 3.61. The Morgan fingerprint density at radius 1 is 1.42 bits per heavy atom. The summed E-state index contributed by atoms with van der Waals surface area (Å²) in [6, 6.07) is 0. The minimum atomic E-state index is -0.0536. The first-order chi connectivity index (χ1) is 8.91. The highest BCUT2D eigenvalue weighted by Crippen LogP contribution is 2.20. The highest BCUT2D eigenvalue weighted by atomic mass is 16.5. The fourth-order valence-corrected chi connectivity index (χ4v) is 1.89. The van der Waals surface area contributed by atoms with Crippen LogP contribution in [-0.4, -0.2) is 21.7 Å². The predicted molar refractivity (Wildman–Crippen MR) is 74.2 cm³/mol. The summed E-state index contributed by atoms with van der Waals surface area (Å²) in [6.45, 7) is 6.03. The van der Waals surface area contributed by atoms with Crippen molar-refractivity contribution >= 4 is 6.08 Å². The number of hydrogen-bond donors (Lipinski definition) is 1. The van der Waals surface area contributed by atoms with Gasteiger partial charge >= 0.3 is 0 Å². The van der Waals surface area contributed by atoms with Crippen molar-refractivity contribution in [2.24, 2.45) is 7.05 Å². The van der Waals surface area contributed by atoms with Crippen LogP contribution in [0.15, 0.2) is 28.4 Å². The monoisotopic (exact) mass is 261 g/mol. The van der Waals surface area contributed by atoms with Crippen molar-refractivity contribution in [3.8, 4) is 0 Å². The van der Waals surface area contributed by atoms with E-state index in [9.17, 15) is 4.79 Å². The SMILES string of the molecule is CC1=COC(=C=Cc2c(C(C)C)[nH]n(C)c2=O)N1C. The number of allylic oxidation sites excluding steroid dienone is 1. The average Bonchev–Trinajstić information content (AvgIpc) is 2.82. The molecule has 5 heteroatoms. The second-order valence-corrected chi connectivity index (χ2v) is 4.99. The second kappa shape index (κ2) is 4.86. The lowest BCUT2D eigenvalue weighted by Gasteiger charge is -2.09. The molecule has 0 aliphatic carbocycles. The lowest BCUT2D eigenvalue weighted by atomic mass is 10.1. The Kier molecular flexibility index (Phi) is 3.40. The molecule has 1 N–H and O–H groups in total. The zero-order valence-corrected chi connectivity index (χ0v) is 11.9. The Morgan fingerprint density at radius 2 is 2.11 bits per heavy atom. The van der Waals surface area contributed by atoms with Crippen LogP contribution < -0.4 is 5.56 Å². The van der Waals surface area contributed by atoms with E-state index in [1.807, 2.05) is 32.7 Å². The standard InChI is InChI=1S/C14H19N3O2/c1-9(2)13-11(14(18)17(5)15-13)6-7-12-16(4)10(3)8-19-12/h6,8-9,15H,1-5H3. The van der Waals surface area contributed by atoms with Crippen LogP contribution in [0.25, 0.3) is 6.08 Å². The summed E-state index contributed by atoms with van der Waals surface area (Å²) in [6.07, 6.45) is 3.35. The molecule has 0 spiro atoms. The molecule has 0 fully saturated rings. The van der Waals surface area contributed by atoms with E-state index in [0.717, 1.165) is 11.4 Å². The molecule has 2 rings (SSSR count). The van der Waals surface area contributed by atoms with E-state index >= 15 is 0 Å². The Bertz CT molecular complexity index is 640. The van der Waals surface area contributed by atoms with Crippen molar-refractivity contribution in [3.05, 3.63) is 45.2 Å². The quantitative estimate of drug-likeness (QED) is 0.830. The first-order valence-corrected chi connectivity index (χ1v) is 6.24. The predicted octanol–water partition coefficient (Wildman–Crippen LogP) is 2.11. The Morgan fingerprint density at radius 3 is 2.63 bits per heavy atom. The van der Waals surface area contributed by atoms with E-state index in [4.69, 9.17) is 4.74 Å². The topological polar surface area (TPSA) is 50.3 Å². The van der Waals surface area contributed by atoms with Crippen molar-refractivity contribution in [2.75, 3.05) is 7.05 Å². The highest BCUT2D eigenvalue weighted by molar-refractivity contribution is 5.51. The summed E-state index contributed by atoms with van der Waals surface area (Å²) < 4.78 is 6.85. The first-order valence-electron chi connectivity index (χ1n) is 6.24. The van der Waals surface area contributed by atoms with Gasteiger partial charge in [0.2, 0.25) is 5.88 Å². The molecular formula is C14H19N3O2. The minimum absolute atomic E-state index is 0.0536. The molecule has 5 nitrogen and oxygen atoms in total. The van der Waals surface area contributed by atoms with Crippen LogP contribution in [0.5, 0.6) is 0 Å². The Labute approximate surface area is 112 Å². The number of aromatic amines is 1. The van der Waals surface area contributed by atoms with Crippen molar-refractivity contribution in [2.45, 2.75) is 26.7 Å². The van der Waals surface area contributed by atoms with Gasteiger partial charge in [-0.15, -0.1) is 0 Å². The van der Waals surface area contributed by atoms with Gasteiger partial charge in [0.05, 0.1) is 11.3 Å². The molecule has 0 unspecified atom stereocenters. The Balaban J connectivity index is 2.45. The highest BCUT2D eigenvalue weighted by Gasteiger charge is 2.15. The molecule has 1 aliphatic rings. The van der Waals surface area contributed by atoms with E-state index in [2.05, 4.69) is 10.8 Å². The fraction of sp³-hybridized carbons (Fsp3) is 0.429. The molecule has 0 saturated heterocycles. The van der Waals surface area contributed by atoms with Gasteiger partial charge in [0.25, 0.3) is 5.56 Å². The minimum Gasteiger partial charge on any atom is -0.440 e. The molecule has 0 radical (unpaired) electrons. The van der Waals surface area contributed by atoms with Crippen LogP contribution in [0.1, 0.15) is 37.9 Å². The molecule has 2 heterocycles. The molecule has 19 heavy (non-hydrogen) atoms. The second-order valence-electron chi connectivity index (χ2n) is 4.99. The smallest absolute Gasteiger partial charge is 0.274 e. The lowest BCUT2D eigenvalue weighted by molar-refractivity contribution is 0.293. The summed E-state index contributed by atoms with van der Waals surface area (Å²) in [5.74, 6) is 0.837. The molecule has 0 atom stereocenters. The zero-order chi connectivity index (χ0) is 14.2. The first kappa shape index (κ1) is 13.3. The van der Waals surface area contributed by atoms with Gasteiger partial charge in [-0.1, -0.05) is 19.6 Å². The molecular weight excluding hydrogens is 242 g/mol. The molecule has 1 aromatic heterocycles. The molecule has 0 aromatic carbocycles. The van der Waals surface area contributed by atoms with Crippen LogP contribution in [-0.2, 0) is 11.8 Å². The third-order valence-corrected chi connectivity index (χ3v) is 3.21. The van der Waals surface area contributed by atoms with E-state index in [1.165, 1.54) is 4.68 Å². The fourth-order valence-electron chi connectivity index (χ4n) is 1.89. The summed E-state index contributed by atoms with van der Waals surface area (Å²) in [5.41, 5.74) is 5.53. The van der Waals surface area contributed by atoms with Crippen LogP contribution in [0.2, 0.25) is 0 Å². The molecule has 102 valence electrons. The van der Waals surface area contributed by atoms with Gasteiger partial charge in [-0.25, -0.2) is 0 Å². The number of aromatic nitrogens is 2. The van der Waals surface area contributed by atoms with Gasteiger partial charge in [0.1, 0.15) is 6.26 Å². The van der Waals surface area contributed by atoms with Gasteiger partial charge in [0, 0.05) is 25.9 Å². The van der Waals surface area contributed by atoms with Crippen LogP contribution >= 0.6 is 0 Å². The van der Waals surface area contributed by atoms with Crippen molar-refractivity contribution in [1.82, 2.24) is 14.7 Å². The van der Waals surface area contributed by atoms with Gasteiger partial charge in [-0.05, 0) is 12.8 Å². The average molecular weight is 261 g/mol. The number of nitrogens with zero attached hydrogens (tertiary/aromatic N) is 2. The van der Waals surface area contributed by atoms with Gasteiger partial charge in [-0.2, -0.15) is 0 Å².